The third-order valence-electron chi connectivity index (χ3n) is 4.47. The minimum Gasteiger partial charge on any atom is -0.396 e. The largest absolute Gasteiger partial charge is 0.396 e. The second kappa shape index (κ2) is 7.34. The topological polar surface area (TPSA) is 60.0 Å². The highest BCUT2D eigenvalue weighted by Crippen LogP contribution is 2.33. The highest BCUT2D eigenvalue weighted by molar-refractivity contribution is 5.94. The van der Waals surface area contributed by atoms with Crippen LogP contribution in [0.15, 0.2) is 41.3 Å². The van der Waals surface area contributed by atoms with Gasteiger partial charge in [-0.15, -0.1) is 0 Å². The zero-order valence-electron chi connectivity index (χ0n) is 15.0. The Morgan fingerprint density at radius 2 is 1.74 bits per heavy atom. The summed E-state index contributed by atoms with van der Waals surface area (Å²) in [6.07, 6.45) is 1.90. The van der Waals surface area contributed by atoms with Gasteiger partial charge in [-0.2, -0.15) is 0 Å². The number of halogens is 3. The van der Waals surface area contributed by atoms with Gasteiger partial charge in [-0.1, -0.05) is 12.1 Å². The Morgan fingerprint density at radius 1 is 1.07 bits per heavy atom. The summed E-state index contributed by atoms with van der Waals surface area (Å²) in [5.41, 5.74) is 5.33. The highest BCUT2D eigenvalue weighted by Gasteiger charge is 2.22. The molecule has 7 heteroatoms. The lowest BCUT2D eigenvalue weighted by Gasteiger charge is -2.19. The van der Waals surface area contributed by atoms with E-state index in [1.807, 2.05) is 13.8 Å². The van der Waals surface area contributed by atoms with Crippen molar-refractivity contribution < 1.29 is 13.2 Å². The number of hydrogen-bond acceptors (Lipinski definition) is 3. The fourth-order valence-electron chi connectivity index (χ4n) is 3.06. The molecule has 0 aliphatic carbocycles. The predicted molar refractivity (Wildman–Crippen MR) is 102 cm³/mol. The van der Waals surface area contributed by atoms with Crippen LogP contribution in [0.5, 0.6) is 0 Å². The lowest BCUT2D eigenvalue weighted by Crippen LogP contribution is -2.17. The third-order valence-corrected chi connectivity index (χ3v) is 4.47. The molecule has 0 saturated heterocycles. The van der Waals surface area contributed by atoms with Crippen molar-refractivity contribution in [3.63, 3.8) is 0 Å². The fourth-order valence-corrected chi connectivity index (χ4v) is 3.06. The number of anilines is 2. The first-order valence-corrected chi connectivity index (χ1v) is 8.60. The molecule has 0 fully saturated rings. The number of benzene rings is 2. The Balaban J connectivity index is 2.01. The normalized spacial score (nSPS) is 11.3. The smallest absolute Gasteiger partial charge is 0.191 e. The van der Waals surface area contributed by atoms with E-state index in [2.05, 4.69) is 5.32 Å². The van der Waals surface area contributed by atoms with Crippen LogP contribution in [0.1, 0.15) is 25.5 Å². The molecule has 3 N–H and O–H groups in total. The van der Waals surface area contributed by atoms with E-state index in [1.54, 1.807) is 16.7 Å². The molecule has 3 aromatic rings. The SMILES string of the molecule is CC(C)n1ccc(=O)c2c(N)c(F)c(NCCc3ccc(F)cc3)c(F)c21. The number of aromatic nitrogens is 1. The second-order valence-electron chi connectivity index (χ2n) is 6.62. The van der Waals surface area contributed by atoms with Crippen molar-refractivity contribution in [3.05, 3.63) is 69.8 Å². The summed E-state index contributed by atoms with van der Waals surface area (Å²) in [7, 11) is 0. The summed E-state index contributed by atoms with van der Waals surface area (Å²) >= 11 is 0. The average molecular weight is 375 g/mol. The van der Waals surface area contributed by atoms with Crippen LogP contribution in [0, 0.1) is 17.5 Å². The van der Waals surface area contributed by atoms with E-state index in [-0.39, 0.29) is 40.7 Å². The van der Waals surface area contributed by atoms with Gasteiger partial charge in [-0.25, -0.2) is 13.2 Å². The molecule has 1 heterocycles. The van der Waals surface area contributed by atoms with Crippen molar-refractivity contribution in [3.8, 4) is 0 Å². The number of nitrogens with zero attached hydrogens (tertiary/aromatic N) is 1. The van der Waals surface area contributed by atoms with Crippen LogP contribution in [0.2, 0.25) is 0 Å². The van der Waals surface area contributed by atoms with E-state index in [4.69, 9.17) is 5.73 Å². The molecule has 0 amide bonds. The maximum Gasteiger partial charge on any atom is 0.191 e. The van der Waals surface area contributed by atoms with Gasteiger partial charge in [0.1, 0.15) is 11.5 Å². The lowest BCUT2D eigenvalue weighted by molar-refractivity contribution is 0.571. The summed E-state index contributed by atoms with van der Waals surface area (Å²) < 4.78 is 44.3. The quantitative estimate of drug-likeness (QED) is 0.656. The summed E-state index contributed by atoms with van der Waals surface area (Å²) in [5.74, 6) is -2.20. The summed E-state index contributed by atoms with van der Waals surface area (Å²) in [6, 6.07) is 6.96. The van der Waals surface area contributed by atoms with E-state index in [0.29, 0.717) is 6.42 Å². The molecule has 142 valence electrons. The molecular weight excluding hydrogens is 355 g/mol. The maximum absolute atomic E-state index is 15.1. The van der Waals surface area contributed by atoms with Crippen molar-refractivity contribution in [1.82, 2.24) is 4.57 Å². The van der Waals surface area contributed by atoms with E-state index < -0.39 is 17.1 Å². The number of nitrogens with one attached hydrogen (secondary N) is 1. The van der Waals surface area contributed by atoms with Gasteiger partial charge in [0.05, 0.1) is 16.6 Å². The number of rotatable bonds is 5. The number of pyridine rings is 1. The first kappa shape index (κ1) is 18.8. The first-order valence-electron chi connectivity index (χ1n) is 8.60. The van der Waals surface area contributed by atoms with E-state index in [1.165, 1.54) is 24.4 Å². The fraction of sp³-hybridized carbons (Fsp3) is 0.250. The molecule has 0 radical (unpaired) electrons. The van der Waals surface area contributed by atoms with Gasteiger partial charge in [-0.05, 0) is 38.0 Å². The van der Waals surface area contributed by atoms with Gasteiger partial charge in [0.25, 0.3) is 0 Å². The van der Waals surface area contributed by atoms with Crippen molar-refractivity contribution in [1.29, 1.82) is 0 Å². The maximum atomic E-state index is 15.1. The average Bonchev–Trinajstić information content (AvgIpc) is 2.63. The van der Waals surface area contributed by atoms with Crippen LogP contribution in [0.25, 0.3) is 10.9 Å². The Morgan fingerprint density at radius 3 is 2.37 bits per heavy atom. The molecule has 3 rings (SSSR count). The minimum absolute atomic E-state index is 0.0271. The molecule has 0 saturated carbocycles. The molecule has 0 unspecified atom stereocenters. The van der Waals surface area contributed by atoms with Gasteiger partial charge < -0.3 is 15.6 Å². The van der Waals surface area contributed by atoms with Crippen molar-refractivity contribution >= 4 is 22.3 Å². The zero-order valence-corrected chi connectivity index (χ0v) is 15.0. The zero-order chi connectivity index (χ0) is 19.7. The molecule has 0 aliphatic heterocycles. The molecule has 0 spiro atoms. The van der Waals surface area contributed by atoms with Crippen LogP contribution in [0.4, 0.5) is 24.5 Å². The molecular formula is C20H20F3N3O. The Labute approximate surface area is 154 Å². The van der Waals surface area contributed by atoms with Crippen molar-refractivity contribution in [2.24, 2.45) is 0 Å². The van der Waals surface area contributed by atoms with E-state index in [9.17, 15) is 13.6 Å². The van der Waals surface area contributed by atoms with E-state index in [0.717, 1.165) is 5.56 Å². The van der Waals surface area contributed by atoms with Crippen molar-refractivity contribution in [2.75, 3.05) is 17.6 Å². The third kappa shape index (κ3) is 3.49. The molecule has 1 aromatic heterocycles. The Hall–Kier alpha value is -2.96. The lowest BCUT2D eigenvalue weighted by atomic mass is 10.1. The number of hydrogen-bond donors (Lipinski definition) is 2. The Kier molecular flexibility index (Phi) is 5.12. The monoisotopic (exact) mass is 375 g/mol. The number of nitrogen functional groups attached to an aromatic ring is 1. The van der Waals surface area contributed by atoms with Gasteiger partial charge in [0, 0.05) is 24.8 Å². The van der Waals surface area contributed by atoms with Crippen LogP contribution < -0.4 is 16.5 Å². The van der Waals surface area contributed by atoms with Gasteiger partial charge in [0.15, 0.2) is 17.1 Å². The Bertz CT molecular complexity index is 1040. The van der Waals surface area contributed by atoms with Crippen LogP contribution in [-0.2, 0) is 6.42 Å². The second-order valence-corrected chi connectivity index (χ2v) is 6.62. The first-order chi connectivity index (χ1) is 12.8. The van der Waals surface area contributed by atoms with Gasteiger partial charge >= 0.3 is 0 Å². The summed E-state index contributed by atoms with van der Waals surface area (Å²) in [6.45, 7) is 3.86. The number of fused-ring (bicyclic) bond motifs is 1. The molecule has 0 atom stereocenters. The molecule has 2 aromatic carbocycles. The highest BCUT2D eigenvalue weighted by atomic mass is 19.1. The molecule has 0 bridgehead atoms. The van der Waals surface area contributed by atoms with Crippen LogP contribution in [-0.4, -0.2) is 11.1 Å². The molecule has 0 aliphatic rings. The number of nitrogens with two attached hydrogens (primary N) is 1. The predicted octanol–water partition coefficient (Wildman–Crippen LogP) is 4.24. The summed E-state index contributed by atoms with van der Waals surface area (Å²) in [4.78, 5) is 12.1. The van der Waals surface area contributed by atoms with Crippen molar-refractivity contribution in [2.45, 2.75) is 26.3 Å². The van der Waals surface area contributed by atoms with E-state index >= 15 is 4.39 Å². The minimum atomic E-state index is -0.988. The summed E-state index contributed by atoms with van der Waals surface area (Å²) in [5, 5.41) is 2.56. The standard InChI is InChI=1S/C20H20F3N3O/c1-11(2)26-10-8-14(27)15-18(24)16(22)19(17(23)20(15)26)25-9-7-12-3-5-13(21)6-4-12/h3-6,8,10-11,25H,7,9,24H2,1-2H3. The van der Waals surface area contributed by atoms with Gasteiger partial charge in [0.2, 0.25) is 0 Å². The molecule has 4 nitrogen and oxygen atoms in total. The van der Waals surface area contributed by atoms with Crippen LogP contribution >= 0.6 is 0 Å². The van der Waals surface area contributed by atoms with Crippen LogP contribution in [0.3, 0.4) is 0 Å². The molecule has 27 heavy (non-hydrogen) atoms. The van der Waals surface area contributed by atoms with Gasteiger partial charge in [-0.3, -0.25) is 4.79 Å².